The SMILES string of the molecule is Cl.Cn1c(C(=O)NO)c(Nc2ccc(I)cc2F)c2cnccc21. The van der Waals surface area contributed by atoms with E-state index in [1.807, 2.05) is 22.6 Å². The molecule has 3 aromatic rings. The first-order valence-electron chi connectivity index (χ1n) is 6.62. The molecule has 24 heavy (non-hydrogen) atoms. The van der Waals surface area contributed by atoms with Crippen LogP contribution >= 0.6 is 35.0 Å². The fraction of sp³-hybridized carbons (Fsp3) is 0.0667. The highest BCUT2D eigenvalue weighted by Gasteiger charge is 2.22. The largest absolute Gasteiger partial charge is 0.351 e. The predicted octanol–water partition coefficient (Wildman–Crippen LogP) is 3.60. The Morgan fingerprint density at radius 1 is 1.38 bits per heavy atom. The lowest BCUT2D eigenvalue weighted by molar-refractivity contribution is 0.0698. The van der Waals surface area contributed by atoms with Crippen molar-refractivity contribution in [2.75, 3.05) is 5.32 Å². The Hall–Kier alpha value is -1.91. The molecular formula is C15H13ClFIN4O2. The van der Waals surface area contributed by atoms with Gasteiger partial charge in [0.25, 0.3) is 5.91 Å². The van der Waals surface area contributed by atoms with Gasteiger partial charge in [-0.15, -0.1) is 12.4 Å². The van der Waals surface area contributed by atoms with E-state index in [0.717, 1.165) is 9.09 Å². The zero-order valence-corrected chi connectivity index (χ0v) is 15.4. The lowest BCUT2D eigenvalue weighted by Gasteiger charge is -2.10. The average molecular weight is 463 g/mol. The molecule has 0 aliphatic carbocycles. The molecule has 2 aromatic heterocycles. The van der Waals surface area contributed by atoms with Crippen molar-refractivity contribution >= 4 is 63.2 Å². The van der Waals surface area contributed by atoms with E-state index in [0.29, 0.717) is 11.1 Å². The number of hydrogen-bond donors (Lipinski definition) is 3. The highest BCUT2D eigenvalue weighted by molar-refractivity contribution is 14.1. The molecule has 0 unspecified atom stereocenters. The molecule has 0 bridgehead atoms. The van der Waals surface area contributed by atoms with Gasteiger partial charge < -0.3 is 9.88 Å². The molecule has 0 radical (unpaired) electrons. The third-order valence-corrected chi connectivity index (χ3v) is 4.18. The van der Waals surface area contributed by atoms with Crippen LogP contribution in [0.15, 0.2) is 36.7 Å². The van der Waals surface area contributed by atoms with Gasteiger partial charge in [-0.1, -0.05) is 0 Å². The molecular weight excluding hydrogens is 450 g/mol. The van der Waals surface area contributed by atoms with Gasteiger partial charge in [-0.05, 0) is 46.9 Å². The van der Waals surface area contributed by atoms with E-state index in [1.165, 1.54) is 6.07 Å². The Balaban J connectivity index is 0.00000208. The first-order valence-corrected chi connectivity index (χ1v) is 7.69. The highest BCUT2D eigenvalue weighted by atomic mass is 127. The van der Waals surface area contributed by atoms with Gasteiger partial charge in [0.05, 0.1) is 16.9 Å². The van der Waals surface area contributed by atoms with E-state index in [1.54, 1.807) is 47.7 Å². The second kappa shape index (κ2) is 7.32. The highest BCUT2D eigenvalue weighted by Crippen LogP contribution is 2.33. The number of halogens is 3. The molecule has 0 fully saturated rings. The molecule has 0 spiro atoms. The number of pyridine rings is 1. The molecule has 3 N–H and O–H groups in total. The Kier molecular flexibility index (Phi) is 5.62. The number of aromatic nitrogens is 2. The van der Waals surface area contributed by atoms with E-state index in [4.69, 9.17) is 5.21 Å². The van der Waals surface area contributed by atoms with E-state index in [9.17, 15) is 9.18 Å². The number of anilines is 2. The first-order chi connectivity index (χ1) is 11.0. The molecule has 0 atom stereocenters. The average Bonchev–Trinajstić information content (AvgIpc) is 2.82. The summed E-state index contributed by atoms with van der Waals surface area (Å²) >= 11 is 2.02. The quantitative estimate of drug-likeness (QED) is 0.316. The van der Waals surface area contributed by atoms with Gasteiger partial charge in [0, 0.05) is 28.4 Å². The lowest BCUT2D eigenvalue weighted by Crippen LogP contribution is -2.22. The smallest absolute Gasteiger partial charge is 0.293 e. The zero-order chi connectivity index (χ0) is 16.6. The van der Waals surface area contributed by atoms with Gasteiger partial charge in [0.2, 0.25) is 0 Å². The normalized spacial score (nSPS) is 10.3. The molecule has 1 amide bonds. The van der Waals surface area contributed by atoms with Gasteiger partial charge in [-0.3, -0.25) is 15.0 Å². The number of rotatable bonds is 3. The summed E-state index contributed by atoms with van der Waals surface area (Å²) in [6, 6.07) is 6.46. The van der Waals surface area contributed by atoms with Crippen LogP contribution in [0, 0.1) is 9.39 Å². The molecule has 0 saturated heterocycles. The third kappa shape index (κ3) is 3.17. The minimum Gasteiger partial charge on any atom is -0.351 e. The maximum Gasteiger partial charge on any atom is 0.293 e. The Morgan fingerprint density at radius 2 is 2.12 bits per heavy atom. The van der Waals surface area contributed by atoms with Crippen LogP contribution in [-0.4, -0.2) is 20.7 Å². The predicted molar refractivity (Wildman–Crippen MR) is 99.6 cm³/mol. The van der Waals surface area contributed by atoms with Crippen molar-refractivity contribution in [3.63, 3.8) is 0 Å². The molecule has 3 rings (SSSR count). The van der Waals surface area contributed by atoms with Crippen LogP contribution in [0.3, 0.4) is 0 Å². The fourth-order valence-corrected chi connectivity index (χ4v) is 2.91. The van der Waals surface area contributed by atoms with Gasteiger partial charge in [0.15, 0.2) is 0 Å². The van der Waals surface area contributed by atoms with E-state index < -0.39 is 11.7 Å². The van der Waals surface area contributed by atoms with Crippen LogP contribution in [0.25, 0.3) is 10.9 Å². The summed E-state index contributed by atoms with van der Waals surface area (Å²) in [5.41, 5.74) is 3.13. The number of hydroxylamine groups is 1. The Bertz CT molecular complexity index is 916. The van der Waals surface area contributed by atoms with Crippen LogP contribution < -0.4 is 10.8 Å². The summed E-state index contributed by atoms with van der Waals surface area (Å²) in [6.07, 6.45) is 3.18. The topological polar surface area (TPSA) is 79.2 Å². The second-order valence-electron chi connectivity index (χ2n) is 4.87. The van der Waals surface area contributed by atoms with Crippen LogP contribution in [0.5, 0.6) is 0 Å². The first kappa shape index (κ1) is 18.4. The Labute approximate surface area is 156 Å². The number of aryl methyl sites for hydroxylation is 1. The van der Waals surface area contributed by atoms with Crippen molar-refractivity contribution in [3.8, 4) is 0 Å². The summed E-state index contributed by atoms with van der Waals surface area (Å²) in [6.45, 7) is 0. The molecule has 0 aliphatic heterocycles. The standard InChI is InChI=1S/C15H12FIN4O2.ClH/c1-21-12-4-5-18-7-9(12)13(14(21)15(22)20-23)19-11-3-2-8(17)6-10(11)16;/h2-7,19,23H,1H3,(H,20,22);1H. The summed E-state index contributed by atoms with van der Waals surface area (Å²) in [5.74, 6) is -1.13. The number of hydrogen-bond acceptors (Lipinski definition) is 4. The summed E-state index contributed by atoms with van der Waals surface area (Å²) < 4.78 is 16.5. The number of carbonyl (C=O) groups is 1. The van der Waals surface area contributed by atoms with Crippen molar-refractivity contribution < 1.29 is 14.4 Å². The van der Waals surface area contributed by atoms with Crippen molar-refractivity contribution in [3.05, 3.63) is 51.7 Å². The van der Waals surface area contributed by atoms with Gasteiger partial charge in [0.1, 0.15) is 11.5 Å². The minimum absolute atomic E-state index is 0. The van der Waals surface area contributed by atoms with E-state index in [2.05, 4.69) is 10.3 Å². The van der Waals surface area contributed by atoms with Crippen LogP contribution in [0.2, 0.25) is 0 Å². The third-order valence-electron chi connectivity index (χ3n) is 3.51. The number of benzene rings is 1. The zero-order valence-electron chi connectivity index (χ0n) is 12.4. The summed E-state index contributed by atoms with van der Waals surface area (Å²) in [4.78, 5) is 16.1. The second-order valence-corrected chi connectivity index (χ2v) is 6.11. The number of nitrogens with one attached hydrogen (secondary N) is 2. The van der Waals surface area contributed by atoms with Crippen molar-refractivity contribution in [2.45, 2.75) is 0 Å². The van der Waals surface area contributed by atoms with Crippen molar-refractivity contribution in [2.24, 2.45) is 7.05 Å². The molecule has 9 heteroatoms. The number of nitrogens with zero attached hydrogens (tertiary/aromatic N) is 2. The van der Waals surface area contributed by atoms with Gasteiger partial charge in [-0.2, -0.15) is 0 Å². The number of amides is 1. The maximum atomic E-state index is 14.1. The lowest BCUT2D eigenvalue weighted by atomic mass is 10.2. The maximum absolute atomic E-state index is 14.1. The molecule has 6 nitrogen and oxygen atoms in total. The summed E-state index contributed by atoms with van der Waals surface area (Å²) in [7, 11) is 1.68. The number of fused-ring (bicyclic) bond motifs is 1. The van der Waals surface area contributed by atoms with E-state index in [-0.39, 0.29) is 23.8 Å². The van der Waals surface area contributed by atoms with Gasteiger partial charge >= 0.3 is 0 Å². The Morgan fingerprint density at radius 3 is 2.79 bits per heavy atom. The van der Waals surface area contributed by atoms with Gasteiger partial charge in [-0.25, -0.2) is 9.87 Å². The monoisotopic (exact) mass is 462 g/mol. The molecule has 2 heterocycles. The molecule has 0 saturated carbocycles. The number of carbonyl (C=O) groups excluding carboxylic acids is 1. The van der Waals surface area contributed by atoms with Crippen molar-refractivity contribution in [1.82, 2.24) is 15.0 Å². The molecule has 0 aliphatic rings. The van der Waals surface area contributed by atoms with Crippen LogP contribution in [-0.2, 0) is 7.05 Å². The van der Waals surface area contributed by atoms with E-state index >= 15 is 0 Å². The van der Waals surface area contributed by atoms with Crippen LogP contribution in [0.1, 0.15) is 10.5 Å². The molecule has 126 valence electrons. The van der Waals surface area contributed by atoms with Crippen molar-refractivity contribution in [1.29, 1.82) is 0 Å². The minimum atomic E-state index is -0.697. The molecule has 1 aromatic carbocycles. The van der Waals surface area contributed by atoms with Crippen LogP contribution in [0.4, 0.5) is 15.8 Å². The fourth-order valence-electron chi connectivity index (χ4n) is 2.46. The summed E-state index contributed by atoms with van der Waals surface area (Å²) in [5, 5.41) is 12.6.